The van der Waals surface area contributed by atoms with Crippen LogP contribution in [-0.2, 0) is 4.84 Å². The molecule has 1 heterocycles. The molecular formula is C25H27N3O3. The van der Waals surface area contributed by atoms with Gasteiger partial charge in [-0.2, -0.15) is 5.10 Å². The van der Waals surface area contributed by atoms with Crippen LogP contribution in [0.4, 0.5) is 0 Å². The maximum atomic E-state index is 12.4. The molecule has 1 aliphatic carbocycles. The monoisotopic (exact) mass is 417 g/mol. The van der Waals surface area contributed by atoms with Gasteiger partial charge >= 0.3 is 0 Å². The zero-order valence-corrected chi connectivity index (χ0v) is 18.1. The molecule has 0 unspecified atom stereocenters. The number of nitrogens with one attached hydrogen (secondary N) is 1. The molecule has 1 amide bonds. The number of oxime groups is 1. The number of benzene rings is 2. The Morgan fingerprint density at radius 3 is 2.65 bits per heavy atom. The van der Waals surface area contributed by atoms with E-state index in [0.29, 0.717) is 5.56 Å². The molecule has 0 fully saturated rings. The van der Waals surface area contributed by atoms with Gasteiger partial charge in [0.15, 0.2) is 0 Å². The number of rotatable bonds is 5. The summed E-state index contributed by atoms with van der Waals surface area (Å²) < 4.78 is 5.24. The predicted octanol–water partition coefficient (Wildman–Crippen LogP) is 4.72. The van der Waals surface area contributed by atoms with Crippen molar-refractivity contribution in [2.24, 2.45) is 16.2 Å². The third-order valence-electron chi connectivity index (χ3n) is 6.10. The number of hydrogen-bond donors (Lipinski definition) is 1. The van der Waals surface area contributed by atoms with Crippen LogP contribution in [0.5, 0.6) is 5.75 Å². The largest absolute Gasteiger partial charge is 0.497 e. The van der Waals surface area contributed by atoms with E-state index >= 15 is 0 Å². The minimum absolute atomic E-state index is 0.211. The number of carbonyl (C=O) groups is 1. The van der Waals surface area contributed by atoms with Crippen molar-refractivity contribution in [3.8, 4) is 5.75 Å². The molecule has 1 aliphatic heterocycles. The second kappa shape index (κ2) is 8.76. The van der Waals surface area contributed by atoms with Crippen molar-refractivity contribution < 1.29 is 14.4 Å². The Morgan fingerprint density at radius 2 is 1.94 bits per heavy atom. The Kier molecular flexibility index (Phi) is 5.89. The first-order chi connectivity index (χ1) is 15.0. The topological polar surface area (TPSA) is 72.3 Å². The molecule has 0 saturated carbocycles. The highest BCUT2D eigenvalue weighted by Crippen LogP contribution is 2.40. The first kappa shape index (κ1) is 20.8. The molecule has 2 atom stereocenters. The molecule has 0 radical (unpaired) electrons. The van der Waals surface area contributed by atoms with Crippen LogP contribution in [0.3, 0.4) is 0 Å². The molecule has 2 aromatic rings. The number of hydrazone groups is 1. The Balaban J connectivity index is 1.43. The average molecular weight is 418 g/mol. The lowest BCUT2D eigenvalue weighted by atomic mass is 9.75. The number of hydrogen-bond acceptors (Lipinski definition) is 5. The van der Waals surface area contributed by atoms with E-state index in [9.17, 15) is 4.79 Å². The van der Waals surface area contributed by atoms with Crippen molar-refractivity contribution in [1.29, 1.82) is 0 Å². The van der Waals surface area contributed by atoms with Crippen LogP contribution in [0.1, 0.15) is 49.0 Å². The van der Waals surface area contributed by atoms with Crippen LogP contribution in [0.15, 0.2) is 76.5 Å². The summed E-state index contributed by atoms with van der Waals surface area (Å²) in [4.78, 5) is 18.3. The first-order valence-electron chi connectivity index (χ1n) is 10.5. The van der Waals surface area contributed by atoms with Crippen molar-refractivity contribution in [2.45, 2.75) is 38.7 Å². The Hall–Kier alpha value is -3.41. The Morgan fingerprint density at radius 1 is 1.19 bits per heavy atom. The zero-order valence-electron chi connectivity index (χ0n) is 18.1. The van der Waals surface area contributed by atoms with Crippen molar-refractivity contribution in [1.82, 2.24) is 5.43 Å². The van der Waals surface area contributed by atoms with E-state index in [1.807, 2.05) is 49.4 Å². The number of carbonyl (C=O) groups excluding carboxylic acids is 1. The third kappa shape index (κ3) is 4.53. The molecule has 0 saturated heterocycles. The van der Waals surface area contributed by atoms with Gasteiger partial charge in [0.25, 0.3) is 5.91 Å². The molecule has 6 heteroatoms. The molecule has 160 valence electrons. The number of nitrogens with zero attached hydrogens (tertiary/aromatic N) is 2. The van der Waals surface area contributed by atoms with Crippen molar-refractivity contribution >= 4 is 17.3 Å². The van der Waals surface area contributed by atoms with E-state index in [-0.39, 0.29) is 11.8 Å². The first-order valence-corrected chi connectivity index (χ1v) is 10.5. The maximum absolute atomic E-state index is 12.4. The SMILES string of the molecule is COc1ccc(C2=NO[C@@](C)([C@H]3CC=C(C)/C(=N/NC(=O)c4ccccc4)C3)C2)cc1. The molecule has 2 aromatic carbocycles. The van der Waals surface area contributed by atoms with E-state index in [4.69, 9.17) is 9.57 Å². The van der Waals surface area contributed by atoms with Crippen LogP contribution in [0.2, 0.25) is 0 Å². The predicted molar refractivity (Wildman–Crippen MR) is 121 cm³/mol. The highest BCUT2D eigenvalue weighted by Gasteiger charge is 2.43. The average Bonchev–Trinajstić information content (AvgIpc) is 3.22. The lowest BCUT2D eigenvalue weighted by molar-refractivity contribution is -0.0470. The summed E-state index contributed by atoms with van der Waals surface area (Å²) in [5, 5.41) is 8.82. The van der Waals surface area contributed by atoms with Crippen LogP contribution in [-0.4, -0.2) is 30.0 Å². The molecule has 31 heavy (non-hydrogen) atoms. The lowest BCUT2D eigenvalue weighted by Crippen LogP contribution is -2.38. The van der Waals surface area contributed by atoms with Gasteiger partial charge in [-0.15, -0.1) is 0 Å². The van der Waals surface area contributed by atoms with E-state index in [1.54, 1.807) is 19.2 Å². The smallest absolute Gasteiger partial charge is 0.271 e. The molecule has 2 aliphatic rings. The highest BCUT2D eigenvalue weighted by atomic mass is 16.7. The number of ether oxygens (including phenoxy) is 1. The summed E-state index contributed by atoms with van der Waals surface area (Å²) in [7, 11) is 1.66. The standard InChI is InChI=1S/C25H27N3O3/c1-17-9-12-20(15-22(17)26-27-24(29)19-7-5-4-6-8-19)25(2)16-23(28-31-25)18-10-13-21(30-3)14-11-18/h4-11,13-14,20H,12,15-16H2,1-3H3,(H,27,29)/b26-22+/t20-,25+/m0/s1. The maximum Gasteiger partial charge on any atom is 0.271 e. The van der Waals surface area contributed by atoms with Crippen molar-refractivity contribution in [2.75, 3.05) is 7.11 Å². The summed E-state index contributed by atoms with van der Waals surface area (Å²) in [5.74, 6) is 0.817. The fourth-order valence-electron chi connectivity index (χ4n) is 4.00. The third-order valence-corrected chi connectivity index (χ3v) is 6.10. The van der Waals surface area contributed by atoms with Gasteiger partial charge in [0, 0.05) is 17.9 Å². The Labute approximate surface area is 182 Å². The summed E-state index contributed by atoms with van der Waals surface area (Å²) in [6, 6.07) is 17.0. The minimum atomic E-state index is -0.420. The van der Waals surface area contributed by atoms with Crippen LogP contribution in [0.25, 0.3) is 0 Å². The van der Waals surface area contributed by atoms with Gasteiger partial charge in [-0.25, -0.2) is 5.43 Å². The quantitative estimate of drug-likeness (QED) is 0.716. The van der Waals surface area contributed by atoms with Gasteiger partial charge in [-0.3, -0.25) is 4.79 Å². The molecule has 4 rings (SSSR count). The van der Waals surface area contributed by atoms with Gasteiger partial charge in [0.2, 0.25) is 0 Å². The number of methoxy groups -OCH3 is 1. The van der Waals surface area contributed by atoms with Gasteiger partial charge in [0.05, 0.1) is 18.5 Å². The van der Waals surface area contributed by atoms with Gasteiger partial charge in [-0.1, -0.05) is 29.4 Å². The van der Waals surface area contributed by atoms with E-state index < -0.39 is 5.60 Å². The number of amides is 1. The molecular weight excluding hydrogens is 390 g/mol. The fourth-order valence-corrected chi connectivity index (χ4v) is 4.00. The van der Waals surface area contributed by atoms with Crippen LogP contribution in [0, 0.1) is 5.92 Å². The normalized spacial score (nSPS) is 24.2. The second-order valence-electron chi connectivity index (χ2n) is 8.24. The number of allylic oxidation sites excluding steroid dienone is 2. The van der Waals surface area contributed by atoms with Gasteiger partial charge < -0.3 is 9.57 Å². The summed E-state index contributed by atoms with van der Waals surface area (Å²) in [6.45, 7) is 4.13. The van der Waals surface area contributed by atoms with Gasteiger partial charge in [-0.05, 0) is 74.2 Å². The molecule has 0 bridgehead atoms. The second-order valence-corrected chi connectivity index (χ2v) is 8.24. The van der Waals surface area contributed by atoms with Crippen LogP contribution >= 0.6 is 0 Å². The summed E-state index contributed by atoms with van der Waals surface area (Å²) in [6.07, 6.45) is 4.50. The Bertz CT molecular complexity index is 1040. The summed E-state index contributed by atoms with van der Waals surface area (Å²) in [5.41, 5.74) is 6.80. The molecule has 6 nitrogen and oxygen atoms in total. The molecule has 0 aromatic heterocycles. The van der Waals surface area contributed by atoms with E-state index in [0.717, 1.165) is 47.6 Å². The fraction of sp³-hybridized carbons (Fsp3) is 0.320. The molecule has 0 spiro atoms. The lowest BCUT2D eigenvalue weighted by Gasteiger charge is -2.34. The minimum Gasteiger partial charge on any atom is -0.497 e. The van der Waals surface area contributed by atoms with Crippen molar-refractivity contribution in [3.05, 3.63) is 77.4 Å². The molecule has 1 N–H and O–H groups in total. The van der Waals surface area contributed by atoms with Crippen LogP contribution < -0.4 is 10.2 Å². The van der Waals surface area contributed by atoms with Crippen molar-refractivity contribution in [3.63, 3.8) is 0 Å². The van der Waals surface area contributed by atoms with E-state index in [2.05, 4.69) is 28.7 Å². The van der Waals surface area contributed by atoms with Gasteiger partial charge in [0.1, 0.15) is 11.4 Å². The summed E-state index contributed by atoms with van der Waals surface area (Å²) >= 11 is 0. The highest BCUT2D eigenvalue weighted by molar-refractivity contribution is 6.03. The zero-order chi connectivity index (χ0) is 21.8. The van der Waals surface area contributed by atoms with E-state index in [1.165, 1.54) is 0 Å².